The number of nitrogens with zero attached hydrogens (tertiary/aromatic N) is 1. The minimum Gasteiger partial charge on any atom is -0.508 e. The molecule has 0 bridgehead atoms. The van der Waals surface area contributed by atoms with Gasteiger partial charge in [-0.3, -0.25) is 4.79 Å². The minimum atomic E-state index is -0.199. The zero-order valence-corrected chi connectivity index (χ0v) is 12.0. The summed E-state index contributed by atoms with van der Waals surface area (Å²) in [4.78, 5) is 16.7. The average molecular weight is 288 g/mol. The second-order valence-electron chi connectivity index (χ2n) is 5.07. The molecule has 1 amide bonds. The molecule has 0 unspecified atom stereocenters. The molecule has 1 heterocycles. The maximum Gasteiger partial charge on any atom is 0.233 e. The third-order valence-electron chi connectivity index (χ3n) is 3.65. The Labute approximate surface area is 121 Å². The molecular formula is C15H16N2O2S. The summed E-state index contributed by atoms with van der Waals surface area (Å²) in [5, 5.41) is 15.3. The Hall–Kier alpha value is -1.88. The van der Waals surface area contributed by atoms with Crippen LogP contribution in [0.15, 0.2) is 23.6 Å². The fourth-order valence-corrected chi connectivity index (χ4v) is 3.40. The van der Waals surface area contributed by atoms with E-state index in [1.807, 2.05) is 18.4 Å². The van der Waals surface area contributed by atoms with Crippen LogP contribution in [-0.4, -0.2) is 16.0 Å². The molecule has 0 saturated heterocycles. The number of phenolic OH excluding ortho intramolecular Hbond substituents is 1. The van der Waals surface area contributed by atoms with Crippen molar-refractivity contribution in [1.29, 1.82) is 0 Å². The number of hydrogen-bond donors (Lipinski definition) is 2. The first kappa shape index (κ1) is 13.1. The topological polar surface area (TPSA) is 62.2 Å². The Kier molecular flexibility index (Phi) is 3.44. The van der Waals surface area contributed by atoms with Gasteiger partial charge in [0.25, 0.3) is 0 Å². The number of amides is 1. The first-order valence-corrected chi connectivity index (χ1v) is 7.57. The molecule has 1 aliphatic rings. The van der Waals surface area contributed by atoms with Crippen LogP contribution in [0.2, 0.25) is 0 Å². The van der Waals surface area contributed by atoms with Gasteiger partial charge in [-0.25, -0.2) is 4.98 Å². The predicted molar refractivity (Wildman–Crippen MR) is 79.3 cm³/mol. The molecule has 1 atom stereocenters. The van der Waals surface area contributed by atoms with Crippen LogP contribution in [0.25, 0.3) is 0 Å². The molecule has 0 aliphatic heterocycles. The molecule has 1 aromatic heterocycles. The lowest BCUT2D eigenvalue weighted by atomic mass is 9.82. The number of aromatic nitrogens is 1. The van der Waals surface area contributed by atoms with Gasteiger partial charge in [0.1, 0.15) is 5.75 Å². The number of phenols is 1. The van der Waals surface area contributed by atoms with Crippen molar-refractivity contribution in [2.45, 2.75) is 32.1 Å². The number of aryl methyl sites for hydroxylation is 1. The van der Waals surface area contributed by atoms with Gasteiger partial charge in [-0.15, -0.1) is 11.3 Å². The summed E-state index contributed by atoms with van der Waals surface area (Å²) in [5.74, 6) is 0.0612. The number of aromatic hydroxyl groups is 1. The minimum absolute atomic E-state index is 0.0362. The van der Waals surface area contributed by atoms with E-state index in [2.05, 4.69) is 10.3 Å². The first-order valence-electron chi connectivity index (χ1n) is 6.69. The zero-order chi connectivity index (χ0) is 14.1. The molecule has 0 spiro atoms. The van der Waals surface area contributed by atoms with Gasteiger partial charge < -0.3 is 10.4 Å². The molecule has 2 N–H and O–H groups in total. The number of fused-ring (bicyclic) bond motifs is 1. The standard InChI is InChI=1S/C15H16N2O2S/c1-9-8-20-15(16-9)17-14(19)12-6-2-5-11-10(12)4-3-7-13(11)18/h3-4,7-8,12,18H,2,5-6H2,1H3,(H,16,17,19)/t12-/m1/s1. The highest BCUT2D eigenvalue weighted by molar-refractivity contribution is 7.13. The van der Waals surface area contributed by atoms with Gasteiger partial charge in [0, 0.05) is 5.38 Å². The zero-order valence-electron chi connectivity index (χ0n) is 11.2. The number of rotatable bonds is 2. The van der Waals surface area contributed by atoms with E-state index in [0.717, 1.165) is 36.1 Å². The summed E-state index contributed by atoms with van der Waals surface area (Å²) in [7, 11) is 0. The second-order valence-corrected chi connectivity index (χ2v) is 5.93. The molecule has 0 saturated carbocycles. The van der Waals surface area contributed by atoms with Crippen molar-refractivity contribution in [3.05, 3.63) is 40.4 Å². The Morgan fingerprint density at radius 3 is 3.10 bits per heavy atom. The van der Waals surface area contributed by atoms with Crippen LogP contribution in [0.4, 0.5) is 5.13 Å². The Balaban J connectivity index is 1.85. The van der Waals surface area contributed by atoms with Crippen LogP contribution < -0.4 is 5.32 Å². The van der Waals surface area contributed by atoms with Gasteiger partial charge in [0.15, 0.2) is 5.13 Å². The highest BCUT2D eigenvalue weighted by Gasteiger charge is 2.28. The van der Waals surface area contributed by atoms with Gasteiger partial charge in [-0.1, -0.05) is 12.1 Å². The Bertz CT molecular complexity index is 651. The highest BCUT2D eigenvalue weighted by Crippen LogP contribution is 2.36. The molecule has 104 valence electrons. The van der Waals surface area contributed by atoms with Crippen molar-refractivity contribution < 1.29 is 9.90 Å². The number of carbonyl (C=O) groups excluding carboxylic acids is 1. The molecule has 0 radical (unpaired) electrons. The fourth-order valence-electron chi connectivity index (χ4n) is 2.71. The summed E-state index contributed by atoms with van der Waals surface area (Å²) >= 11 is 1.43. The summed E-state index contributed by atoms with van der Waals surface area (Å²) in [6.45, 7) is 1.90. The van der Waals surface area contributed by atoms with Crippen LogP contribution in [-0.2, 0) is 11.2 Å². The third-order valence-corrected chi connectivity index (χ3v) is 4.52. The summed E-state index contributed by atoms with van der Waals surface area (Å²) in [6.07, 6.45) is 2.56. The molecule has 0 fully saturated rings. The number of thiazole rings is 1. The van der Waals surface area contributed by atoms with Gasteiger partial charge in [0.05, 0.1) is 11.6 Å². The summed E-state index contributed by atoms with van der Waals surface area (Å²) in [5.41, 5.74) is 2.77. The van der Waals surface area contributed by atoms with Crippen molar-refractivity contribution in [1.82, 2.24) is 4.98 Å². The lowest BCUT2D eigenvalue weighted by Crippen LogP contribution is -2.24. The van der Waals surface area contributed by atoms with Crippen molar-refractivity contribution in [3.8, 4) is 5.75 Å². The SMILES string of the molecule is Cc1csc(NC(=O)[C@@H]2CCCc3c(O)cccc32)n1. The number of nitrogens with one attached hydrogen (secondary N) is 1. The molecule has 1 aromatic carbocycles. The molecule has 20 heavy (non-hydrogen) atoms. The van der Waals surface area contributed by atoms with Crippen LogP contribution in [0, 0.1) is 6.92 Å². The second kappa shape index (κ2) is 5.25. The number of hydrogen-bond acceptors (Lipinski definition) is 4. The third kappa shape index (κ3) is 2.41. The monoisotopic (exact) mass is 288 g/mol. The van der Waals surface area contributed by atoms with Gasteiger partial charge in [-0.2, -0.15) is 0 Å². The molecule has 4 nitrogen and oxygen atoms in total. The molecule has 2 aromatic rings. The fraction of sp³-hybridized carbons (Fsp3) is 0.333. The van der Waals surface area contributed by atoms with Gasteiger partial charge in [0.2, 0.25) is 5.91 Å². The Morgan fingerprint density at radius 2 is 2.35 bits per heavy atom. The molecule has 5 heteroatoms. The van der Waals surface area contributed by atoms with Crippen LogP contribution in [0.1, 0.15) is 35.6 Å². The smallest absolute Gasteiger partial charge is 0.233 e. The van der Waals surface area contributed by atoms with Crippen LogP contribution >= 0.6 is 11.3 Å². The normalized spacial score (nSPS) is 17.6. The van der Waals surface area contributed by atoms with E-state index in [1.54, 1.807) is 12.1 Å². The van der Waals surface area contributed by atoms with Crippen molar-refractivity contribution >= 4 is 22.4 Å². The maximum atomic E-state index is 12.4. The van der Waals surface area contributed by atoms with Crippen molar-refractivity contribution in [2.75, 3.05) is 5.32 Å². The molecule has 3 rings (SSSR count). The van der Waals surface area contributed by atoms with Crippen molar-refractivity contribution in [3.63, 3.8) is 0 Å². The quantitative estimate of drug-likeness (QED) is 0.892. The lowest BCUT2D eigenvalue weighted by molar-refractivity contribution is -0.117. The van der Waals surface area contributed by atoms with E-state index < -0.39 is 0 Å². The first-order chi connectivity index (χ1) is 9.65. The average Bonchev–Trinajstić information content (AvgIpc) is 2.84. The predicted octanol–water partition coefficient (Wildman–Crippen LogP) is 3.22. The van der Waals surface area contributed by atoms with E-state index >= 15 is 0 Å². The molecule has 1 aliphatic carbocycles. The number of benzene rings is 1. The van der Waals surface area contributed by atoms with Crippen molar-refractivity contribution in [2.24, 2.45) is 0 Å². The maximum absolute atomic E-state index is 12.4. The summed E-state index contributed by atoms with van der Waals surface area (Å²) < 4.78 is 0. The highest BCUT2D eigenvalue weighted by atomic mass is 32.1. The lowest BCUT2D eigenvalue weighted by Gasteiger charge is -2.24. The largest absolute Gasteiger partial charge is 0.508 e. The van der Waals surface area contributed by atoms with Crippen LogP contribution in [0.3, 0.4) is 0 Å². The van der Waals surface area contributed by atoms with Gasteiger partial charge in [-0.05, 0) is 43.4 Å². The number of anilines is 1. The van der Waals surface area contributed by atoms with E-state index in [4.69, 9.17) is 0 Å². The molecular weight excluding hydrogens is 272 g/mol. The van der Waals surface area contributed by atoms with Gasteiger partial charge >= 0.3 is 0 Å². The number of carbonyl (C=O) groups is 1. The van der Waals surface area contributed by atoms with E-state index in [1.165, 1.54) is 11.3 Å². The Morgan fingerprint density at radius 1 is 1.50 bits per heavy atom. The summed E-state index contributed by atoms with van der Waals surface area (Å²) in [6, 6.07) is 5.42. The van der Waals surface area contributed by atoms with E-state index in [9.17, 15) is 9.90 Å². The van der Waals surface area contributed by atoms with E-state index in [0.29, 0.717) is 10.9 Å². The van der Waals surface area contributed by atoms with E-state index in [-0.39, 0.29) is 11.8 Å². The van der Waals surface area contributed by atoms with Crippen LogP contribution in [0.5, 0.6) is 5.75 Å².